The van der Waals surface area contributed by atoms with Crippen LogP contribution in [0.15, 0.2) is 42.8 Å². The summed E-state index contributed by atoms with van der Waals surface area (Å²) in [5.41, 5.74) is 2.98. The molecule has 2 aromatic heterocycles. The van der Waals surface area contributed by atoms with E-state index in [1.165, 1.54) is 0 Å². The molecule has 0 aliphatic carbocycles. The van der Waals surface area contributed by atoms with Crippen molar-refractivity contribution < 1.29 is 9.53 Å². The zero-order chi connectivity index (χ0) is 16.1. The van der Waals surface area contributed by atoms with Crippen LogP contribution < -0.4 is 10.6 Å². The number of fused-ring (bicyclic) bond motifs is 1. The van der Waals surface area contributed by atoms with Crippen LogP contribution in [0.2, 0.25) is 0 Å². The van der Waals surface area contributed by atoms with Gasteiger partial charge in [-0.1, -0.05) is 18.2 Å². The number of carbonyl (C=O) groups excluding carboxylic acids is 1. The van der Waals surface area contributed by atoms with E-state index >= 15 is 0 Å². The largest absolute Gasteiger partial charge is 0.445 e. The molecule has 0 fully saturated rings. The van der Waals surface area contributed by atoms with Gasteiger partial charge >= 0.3 is 6.09 Å². The molecular weight excluding hydrogens is 292 g/mol. The highest BCUT2D eigenvalue weighted by molar-refractivity contribution is 5.87. The summed E-state index contributed by atoms with van der Waals surface area (Å²) in [7, 11) is 0. The number of amides is 1. The predicted molar refractivity (Wildman–Crippen MR) is 90.4 cm³/mol. The number of nitrogens with zero attached hydrogens (tertiary/aromatic N) is 1. The van der Waals surface area contributed by atoms with E-state index in [0.717, 1.165) is 29.6 Å². The van der Waals surface area contributed by atoms with Gasteiger partial charge in [0.25, 0.3) is 0 Å². The Balaban J connectivity index is 1.79. The van der Waals surface area contributed by atoms with Gasteiger partial charge in [0.2, 0.25) is 0 Å². The van der Waals surface area contributed by atoms with Crippen molar-refractivity contribution in [2.75, 3.05) is 18.5 Å². The summed E-state index contributed by atoms with van der Waals surface area (Å²) in [5.74, 6) is 0.816. The van der Waals surface area contributed by atoms with Crippen molar-refractivity contribution in [3.05, 3.63) is 48.3 Å². The zero-order valence-corrected chi connectivity index (χ0v) is 13.0. The highest BCUT2D eigenvalue weighted by atomic mass is 16.5. The predicted octanol–water partition coefficient (Wildman–Crippen LogP) is 3.28. The number of allylic oxidation sites excluding steroid dienone is 2. The summed E-state index contributed by atoms with van der Waals surface area (Å²) in [5, 5.41) is 5.86. The van der Waals surface area contributed by atoms with E-state index in [1.807, 2.05) is 31.5 Å². The SMILES string of the molecule is C/C=C/COC(=O)Nc1ccc2[nH]cc(C3C=CNCC3)c2n1. The van der Waals surface area contributed by atoms with Crippen LogP contribution in [0.25, 0.3) is 11.0 Å². The molecule has 6 nitrogen and oxygen atoms in total. The monoisotopic (exact) mass is 312 g/mol. The summed E-state index contributed by atoms with van der Waals surface area (Å²) in [4.78, 5) is 19.5. The minimum absolute atomic E-state index is 0.250. The molecule has 1 aliphatic rings. The van der Waals surface area contributed by atoms with Gasteiger partial charge in [-0.25, -0.2) is 9.78 Å². The first kappa shape index (κ1) is 15.1. The Morgan fingerprint density at radius 2 is 2.43 bits per heavy atom. The zero-order valence-electron chi connectivity index (χ0n) is 13.0. The van der Waals surface area contributed by atoms with Crippen LogP contribution in [-0.4, -0.2) is 29.2 Å². The van der Waals surface area contributed by atoms with E-state index in [9.17, 15) is 4.79 Å². The van der Waals surface area contributed by atoms with Gasteiger partial charge in [0.05, 0.1) is 11.0 Å². The van der Waals surface area contributed by atoms with Crippen molar-refractivity contribution in [2.24, 2.45) is 0 Å². The lowest BCUT2D eigenvalue weighted by molar-refractivity contribution is 0.174. The van der Waals surface area contributed by atoms with Gasteiger partial charge in [-0.3, -0.25) is 5.32 Å². The molecule has 6 heteroatoms. The van der Waals surface area contributed by atoms with E-state index in [4.69, 9.17) is 4.74 Å². The Morgan fingerprint density at radius 3 is 3.22 bits per heavy atom. The van der Waals surface area contributed by atoms with E-state index in [-0.39, 0.29) is 6.61 Å². The number of rotatable bonds is 4. The second kappa shape index (κ2) is 7.00. The lowest BCUT2D eigenvalue weighted by Gasteiger charge is -2.16. The average Bonchev–Trinajstić information content (AvgIpc) is 2.99. The standard InChI is InChI=1S/C17H20N4O2/c1-2-3-10-23-17(22)21-15-5-4-14-16(20-15)13(11-19-14)12-6-8-18-9-7-12/h2-6,8,11-12,18-19H,7,9-10H2,1H3,(H,20,21,22)/b3-2+. The van der Waals surface area contributed by atoms with Gasteiger partial charge in [0.1, 0.15) is 12.4 Å². The number of hydrogen-bond acceptors (Lipinski definition) is 4. The van der Waals surface area contributed by atoms with Crippen LogP contribution >= 0.6 is 0 Å². The van der Waals surface area contributed by atoms with Crippen molar-refractivity contribution in [3.63, 3.8) is 0 Å². The number of hydrogen-bond donors (Lipinski definition) is 3. The maximum Gasteiger partial charge on any atom is 0.413 e. The molecule has 0 saturated carbocycles. The van der Waals surface area contributed by atoms with Gasteiger partial charge in [0, 0.05) is 24.2 Å². The molecule has 1 amide bonds. The van der Waals surface area contributed by atoms with Crippen molar-refractivity contribution in [1.29, 1.82) is 0 Å². The van der Waals surface area contributed by atoms with Gasteiger partial charge in [-0.2, -0.15) is 0 Å². The van der Waals surface area contributed by atoms with Crippen LogP contribution in [0.5, 0.6) is 0 Å². The summed E-state index contributed by atoms with van der Waals surface area (Å²) in [6.07, 6.45) is 10.2. The lowest BCUT2D eigenvalue weighted by Crippen LogP contribution is -2.16. The maximum absolute atomic E-state index is 11.7. The first-order chi connectivity index (χ1) is 11.3. The Labute approximate surface area is 134 Å². The molecule has 0 bridgehead atoms. The van der Waals surface area contributed by atoms with Crippen LogP contribution in [0.1, 0.15) is 24.8 Å². The highest BCUT2D eigenvalue weighted by Gasteiger charge is 2.17. The van der Waals surface area contributed by atoms with E-state index in [1.54, 1.807) is 12.1 Å². The normalized spacial score (nSPS) is 17.3. The van der Waals surface area contributed by atoms with Crippen molar-refractivity contribution in [2.45, 2.75) is 19.3 Å². The minimum Gasteiger partial charge on any atom is -0.445 e. The first-order valence-corrected chi connectivity index (χ1v) is 7.71. The minimum atomic E-state index is -0.506. The van der Waals surface area contributed by atoms with Crippen LogP contribution in [0.3, 0.4) is 0 Å². The summed E-state index contributed by atoms with van der Waals surface area (Å²) < 4.78 is 5.02. The molecule has 3 N–H and O–H groups in total. The first-order valence-electron chi connectivity index (χ1n) is 7.71. The molecule has 2 aromatic rings. The van der Waals surface area contributed by atoms with Crippen molar-refractivity contribution in [3.8, 4) is 0 Å². The molecule has 1 aliphatic heterocycles. The van der Waals surface area contributed by atoms with Gasteiger partial charge < -0.3 is 15.0 Å². The van der Waals surface area contributed by atoms with Crippen LogP contribution in [0, 0.1) is 0 Å². The topological polar surface area (TPSA) is 79.0 Å². The fraction of sp³-hybridized carbons (Fsp3) is 0.294. The highest BCUT2D eigenvalue weighted by Crippen LogP contribution is 2.29. The van der Waals surface area contributed by atoms with Gasteiger partial charge in [-0.05, 0) is 31.7 Å². The molecule has 0 saturated heterocycles. The van der Waals surface area contributed by atoms with Gasteiger partial charge in [-0.15, -0.1) is 0 Å². The molecule has 0 aromatic carbocycles. The number of ether oxygens (including phenoxy) is 1. The van der Waals surface area contributed by atoms with Crippen LogP contribution in [-0.2, 0) is 4.74 Å². The number of aromatic amines is 1. The molecule has 3 heterocycles. The Hall–Kier alpha value is -2.76. The second-order valence-electron chi connectivity index (χ2n) is 5.34. The Kier molecular flexibility index (Phi) is 4.61. The van der Waals surface area contributed by atoms with Crippen molar-refractivity contribution >= 4 is 22.9 Å². The number of nitrogens with one attached hydrogen (secondary N) is 3. The van der Waals surface area contributed by atoms with E-state index < -0.39 is 6.09 Å². The molecule has 0 spiro atoms. The third-order valence-corrected chi connectivity index (χ3v) is 3.77. The van der Waals surface area contributed by atoms with Gasteiger partial charge in [0.15, 0.2) is 0 Å². The number of H-pyrrole nitrogens is 1. The molecule has 1 unspecified atom stereocenters. The fourth-order valence-electron chi connectivity index (χ4n) is 2.59. The quantitative estimate of drug-likeness (QED) is 0.757. The fourth-order valence-corrected chi connectivity index (χ4v) is 2.59. The number of anilines is 1. The average molecular weight is 312 g/mol. The summed E-state index contributed by atoms with van der Waals surface area (Å²) in [6, 6.07) is 3.68. The Bertz CT molecular complexity index is 748. The summed E-state index contributed by atoms with van der Waals surface area (Å²) >= 11 is 0. The lowest BCUT2D eigenvalue weighted by atomic mass is 9.95. The summed E-state index contributed by atoms with van der Waals surface area (Å²) in [6.45, 7) is 3.07. The maximum atomic E-state index is 11.7. The van der Waals surface area contributed by atoms with Crippen molar-refractivity contribution in [1.82, 2.24) is 15.3 Å². The molecule has 23 heavy (non-hydrogen) atoms. The molecule has 120 valence electrons. The van der Waals surface area contributed by atoms with E-state index in [0.29, 0.717) is 11.7 Å². The number of aromatic nitrogens is 2. The number of carbonyl (C=O) groups is 1. The molecule has 3 rings (SSSR count). The Morgan fingerprint density at radius 1 is 1.52 bits per heavy atom. The third-order valence-electron chi connectivity index (χ3n) is 3.77. The second-order valence-corrected chi connectivity index (χ2v) is 5.34. The van der Waals surface area contributed by atoms with E-state index in [2.05, 4.69) is 26.7 Å². The molecule has 0 radical (unpaired) electrons. The van der Waals surface area contributed by atoms with Crippen LogP contribution in [0.4, 0.5) is 10.6 Å². The molecular formula is C17H20N4O2. The molecule has 1 atom stereocenters. The third kappa shape index (κ3) is 3.53. The number of pyridine rings is 1. The smallest absolute Gasteiger partial charge is 0.413 e.